The molecule has 1 atom stereocenters. The largest absolute Gasteiger partial charge is 0.343 e. The Hall–Kier alpha value is -1.35. The number of hydrogen-bond acceptors (Lipinski definition) is 2. The molecule has 0 saturated heterocycles. The van der Waals surface area contributed by atoms with Crippen LogP contribution in [0.15, 0.2) is 30.3 Å². The Bertz CT molecular complexity index is 351. The molecule has 0 saturated carbocycles. The third kappa shape index (κ3) is 4.88. The third-order valence-electron chi connectivity index (χ3n) is 3.21. The Kier molecular flexibility index (Phi) is 6.44. The van der Waals surface area contributed by atoms with E-state index in [-0.39, 0.29) is 11.9 Å². The van der Waals surface area contributed by atoms with Crippen molar-refractivity contribution in [3.63, 3.8) is 0 Å². The van der Waals surface area contributed by atoms with Gasteiger partial charge in [0, 0.05) is 25.6 Å². The van der Waals surface area contributed by atoms with E-state index >= 15 is 0 Å². The minimum atomic E-state index is -0.0109. The highest BCUT2D eigenvalue weighted by molar-refractivity contribution is 5.76. The number of carbonyl (C=O) groups is 1. The lowest BCUT2D eigenvalue weighted by Crippen LogP contribution is -2.36. The molecule has 0 fully saturated rings. The first kappa shape index (κ1) is 14.7. The van der Waals surface area contributed by atoms with Gasteiger partial charge in [0.15, 0.2) is 0 Å². The number of rotatable bonds is 7. The highest BCUT2D eigenvalue weighted by Gasteiger charge is 2.14. The molecule has 0 bridgehead atoms. The van der Waals surface area contributed by atoms with Crippen molar-refractivity contribution in [3.8, 4) is 0 Å². The van der Waals surface area contributed by atoms with Crippen molar-refractivity contribution in [2.75, 3.05) is 13.1 Å². The first-order chi connectivity index (χ1) is 8.67. The van der Waals surface area contributed by atoms with Gasteiger partial charge >= 0.3 is 0 Å². The third-order valence-corrected chi connectivity index (χ3v) is 3.21. The number of likely N-dealkylation sites (N-methyl/N-ethyl adjacent to an activating group) is 1. The van der Waals surface area contributed by atoms with E-state index < -0.39 is 0 Å². The molecule has 1 amide bonds. The van der Waals surface area contributed by atoms with Crippen LogP contribution in [0.2, 0.25) is 0 Å². The molecule has 3 heteroatoms. The van der Waals surface area contributed by atoms with Crippen molar-refractivity contribution in [3.05, 3.63) is 35.9 Å². The summed E-state index contributed by atoms with van der Waals surface area (Å²) in [6.07, 6.45) is 2.21. The summed E-state index contributed by atoms with van der Waals surface area (Å²) in [6.45, 7) is 5.55. The van der Waals surface area contributed by atoms with Crippen molar-refractivity contribution >= 4 is 5.91 Å². The van der Waals surface area contributed by atoms with E-state index in [1.54, 1.807) is 0 Å². The molecule has 0 aliphatic heterocycles. The zero-order valence-electron chi connectivity index (χ0n) is 11.4. The molecule has 2 N–H and O–H groups in total. The number of nitrogens with two attached hydrogens (primary N) is 1. The summed E-state index contributed by atoms with van der Waals surface area (Å²) >= 11 is 0. The van der Waals surface area contributed by atoms with Crippen LogP contribution < -0.4 is 5.73 Å². The summed E-state index contributed by atoms with van der Waals surface area (Å²) < 4.78 is 0. The summed E-state index contributed by atoms with van der Waals surface area (Å²) in [5.41, 5.74) is 7.09. The van der Waals surface area contributed by atoms with Gasteiger partial charge in [0.1, 0.15) is 0 Å². The van der Waals surface area contributed by atoms with Gasteiger partial charge in [0.2, 0.25) is 5.91 Å². The molecule has 0 aromatic heterocycles. The Morgan fingerprint density at radius 2 is 1.94 bits per heavy atom. The summed E-state index contributed by atoms with van der Waals surface area (Å²) in [6, 6.07) is 10.2. The van der Waals surface area contributed by atoms with Crippen molar-refractivity contribution < 1.29 is 4.79 Å². The van der Waals surface area contributed by atoms with Crippen molar-refractivity contribution in [2.24, 2.45) is 5.73 Å². The van der Waals surface area contributed by atoms with E-state index in [2.05, 4.69) is 12.1 Å². The summed E-state index contributed by atoms with van der Waals surface area (Å²) in [5.74, 6) is 0.169. The van der Waals surface area contributed by atoms with Crippen LogP contribution in [0.25, 0.3) is 0 Å². The highest BCUT2D eigenvalue weighted by Crippen LogP contribution is 2.04. The fourth-order valence-electron chi connectivity index (χ4n) is 1.87. The Labute approximate surface area is 110 Å². The van der Waals surface area contributed by atoms with E-state index in [0.717, 1.165) is 25.9 Å². The summed E-state index contributed by atoms with van der Waals surface area (Å²) in [7, 11) is 0. The molecule has 100 valence electrons. The normalized spacial score (nSPS) is 12.2. The molecule has 1 rings (SSSR count). The van der Waals surface area contributed by atoms with E-state index in [1.165, 1.54) is 5.56 Å². The maximum absolute atomic E-state index is 12.0. The quantitative estimate of drug-likeness (QED) is 0.804. The molecular weight excluding hydrogens is 224 g/mol. The Morgan fingerprint density at radius 3 is 2.50 bits per heavy atom. The lowest BCUT2D eigenvalue weighted by atomic mass is 10.1. The van der Waals surface area contributed by atoms with Crippen LogP contribution in [0.1, 0.15) is 32.3 Å². The topological polar surface area (TPSA) is 46.3 Å². The summed E-state index contributed by atoms with van der Waals surface area (Å²) in [4.78, 5) is 13.9. The zero-order valence-corrected chi connectivity index (χ0v) is 11.4. The van der Waals surface area contributed by atoms with E-state index in [0.29, 0.717) is 6.42 Å². The van der Waals surface area contributed by atoms with E-state index in [4.69, 9.17) is 5.73 Å². The smallest absolute Gasteiger partial charge is 0.224 e. The van der Waals surface area contributed by atoms with Crippen LogP contribution in [0.3, 0.4) is 0 Å². The molecule has 0 aliphatic rings. The van der Waals surface area contributed by atoms with Gasteiger partial charge in [-0.1, -0.05) is 37.3 Å². The van der Waals surface area contributed by atoms with Crippen LogP contribution in [0.4, 0.5) is 0 Å². The molecule has 0 spiro atoms. The second-order valence-corrected chi connectivity index (χ2v) is 4.58. The van der Waals surface area contributed by atoms with Crippen molar-refractivity contribution in [1.29, 1.82) is 0 Å². The average molecular weight is 248 g/mol. The number of nitrogens with zero attached hydrogens (tertiary/aromatic N) is 1. The number of amides is 1. The molecule has 1 unspecified atom stereocenters. The maximum atomic E-state index is 12.0. The molecule has 0 heterocycles. The molecular formula is C15H24N2O. The van der Waals surface area contributed by atoms with Crippen molar-refractivity contribution in [1.82, 2.24) is 4.90 Å². The van der Waals surface area contributed by atoms with Crippen LogP contribution in [0.5, 0.6) is 0 Å². The van der Waals surface area contributed by atoms with Gasteiger partial charge in [0.05, 0.1) is 0 Å². The lowest BCUT2D eigenvalue weighted by Gasteiger charge is -2.22. The molecule has 18 heavy (non-hydrogen) atoms. The lowest BCUT2D eigenvalue weighted by molar-refractivity contribution is -0.131. The second-order valence-electron chi connectivity index (χ2n) is 4.58. The highest BCUT2D eigenvalue weighted by atomic mass is 16.2. The maximum Gasteiger partial charge on any atom is 0.224 e. The Balaban J connectivity index is 2.44. The van der Waals surface area contributed by atoms with Gasteiger partial charge in [-0.3, -0.25) is 4.79 Å². The predicted molar refractivity (Wildman–Crippen MR) is 75.3 cm³/mol. The van der Waals surface area contributed by atoms with Gasteiger partial charge in [-0.2, -0.15) is 0 Å². The van der Waals surface area contributed by atoms with Gasteiger partial charge in [-0.25, -0.2) is 0 Å². The van der Waals surface area contributed by atoms with Crippen molar-refractivity contribution in [2.45, 2.75) is 39.2 Å². The zero-order chi connectivity index (χ0) is 13.4. The number of carbonyl (C=O) groups excluding carboxylic acids is 1. The molecule has 0 aliphatic carbocycles. The summed E-state index contributed by atoms with van der Waals surface area (Å²) in [5, 5.41) is 0. The standard InChI is InChI=1S/C15H24N2O/c1-3-14(16)12-15(18)17(4-2)11-10-13-8-6-5-7-9-13/h5-9,14H,3-4,10-12,16H2,1-2H3. The first-order valence-electron chi connectivity index (χ1n) is 6.74. The van der Waals surface area contributed by atoms with Crippen LogP contribution in [-0.2, 0) is 11.2 Å². The van der Waals surface area contributed by atoms with E-state index in [9.17, 15) is 4.79 Å². The fourth-order valence-corrected chi connectivity index (χ4v) is 1.87. The number of benzene rings is 1. The van der Waals surface area contributed by atoms with Crippen LogP contribution in [0, 0.1) is 0 Å². The fraction of sp³-hybridized carbons (Fsp3) is 0.533. The molecule has 0 radical (unpaired) electrons. The predicted octanol–water partition coefficient (Wildman–Crippen LogP) is 2.21. The minimum absolute atomic E-state index is 0.0109. The molecule has 1 aromatic rings. The second kappa shape index (κ2) is 7.88. The minimum Gasteiger partial charge on any atom is -0.343 e. The number of hydrogen-bond donors (Lipinski definition) is 1. The van der Waals surface area contributed by atoms with Crippen LogP contribution >= 0.6 is 0 Å². The van der Waals surface area contributed by atoms with Gasteiger partial charge < -0.3 is 10.6 Å². The van der Waals surface area contributed by atoms with Gasteiger partial charge in [-0.15, -0.1) is 0 Å². The van der Waals surface area contributed by atoms with Gasteiger partial charge in [-0.05, 0) is 25.3 Å². The van der Waals surface area contributed by atoms with Gasteiger partial charge in [0.25, 0.3) is 0 Å². The monoisotopic (exact) mass is 248 g/mol. The molecule has 1 aromatic carbocycles. The first-order valence-corrected chi connectivity index (χ1v) is 6.74. The molecule has 3 nitrogen and oxygen atoms in total. The average Bonchev–Trinajstić information content (AvgIpc) is 2.40. The SMILES string of the molecule is CCC(N)CC(=O)N(CC)CCc1ccccc1. The van der Waals surface area contributed by atoms with E-state index in [1.807, 2.05) is 36.9 Å². The Morgan fingerprint density at radius 1 is 1.28 bits per heavy atom. The van der Waals surface area contributed by atoms with Crippen LogP contribution in [-0.4, -0.2) is 29.9 Å².